The second kappa shape index (κ2) is 8.53. The van der Waals surface area contributed by atoms with Crippen LogP contribution in [0.3, 0.4) is 0 Å². The van der Waals surface area contributed by atoms with Crippen molar-refractivity contribution in [2.75, 3.05) is 31.1 Å². The standard InChI is InChI=1S/C22H27N3O2/c26-22(18-8-10-20(11-9-18)24-13-3-4-14-24)25(17-21-7-5-15-27-21)16-19-6-1-2-12-23-19/h1-2,6,8-12,21H,3-5,7,13-17H2/t21-/m0/s1. The predicted molar refractivity (Wildman–Crippen MR) is 106 cm³/mol. The fraction of sp³-hybridized carbons (Fsp3) is 0.455. The molecule has 142 valence electrons. The molecule has 0 N–H and O–H groups in total. The molecule has 0 aliphatic carbocycles. The van der Waals surface area contributed by atoms with Gasteiger partial charge in [-0.15, -0.1) is 0 Å². The monoisotopic (exact) mass is 365 g/mol. The van der Waals surface area contributed by atoms with E-state index in [1.165, 1.54) is 18.5 Å². The smallest absolute Gasteiger partial charge is 0.254 e. The Labute approximate surface area is 161 Å². The molecule has 0 radical (unpaired) electrons. The van der Waals surface area contributed by atoms with E-state index in [1.807, 2.05) is 35.2 Å². The highest BCUT2D eigenvalue weighted by Crippen LogP contribution is 2.22. The zero-order valence-corrected chi connectivity index (χ0v) is 15.7. The molecule has 1 aromatic heterocycles. The zero-order valence-electron chi connectivity index (χ0n) is 15.7. The van der Waals surface area contributed by atoms with Crippen molar-refractivity contribution >= 4 is 11.6 Å². The number of benzene rings is 1. The highest BCUT2D eigenvalue weighted by Gasteiger charge is 2.24. The van der Waals surface area contributed by atoms with Gasteiger partial charge in [-0.2, -0.15) is 0 Å². The zero-order chi connectivity index (χ0) is 18.5. The SMILES string of the molecule is O=C(c1ccc(N2CCCC2)cc1)N(Cc1ccccn1)C[C@@H]1CCCO1. The first-order chi connectivity index (χ1) is 13.3. The fourth-order valence-corrected chi connectivity index (χ4v) is 3.91. The first-order valence-electron chi connectivity index (χ1n) is 9.95. The third-order valence-corrected chi connectivity index (χ3v) is 5.40. The minimum absolute atomic E-state index is 0.0455. The molecule has 1 amide bonds. The van der Waals surface area contributed by atoms with Gasteiger partial charge < -0.3 is 14.5 Å². The van der Waals surface area contributed by atoms with E-state index < -0.39 is 0 Å². The number of carbonyl (C=O) groups excluding carboxylic acids is 1. The van der Waals surface area contributed by atoms with Gasteiger partial charge in [0.15, 0.2) is 0 Å². The van der Waals surface area contributed by atoms with Crippen molar-refractivity contribution in [2.24, 2.45) is 0 Å². The summed E-state index contributed by atoms with van der Waals surface area (Å²) in [5.74, 6) is 0.0455. The molecule has 1 aromatic carbocycles. The number of rotatable bonds is 6. The van der Waals surface area contributed by atoms with E-state index in [4.69, 9.17) is 4.74 Å². The summed E-state index contributed by atoms with van der Waals surface area (Å²) in [6.07, 6.45) is 6.48. The molecule has 4 rings (SSSR count). The van der Waals surface area contributed by atoms with Gasteiger partial charge in [0.1, 0.15) is 0 Å². The van der Waals surface area contributed by atoms with Crippen molar-refractivity contribution in [3.05, 3.63) is 59.9 Å². The van der Waals surface area contributed by atoms with E-state index in [9.17, 15) is 4.79 Å². The lowest BCUT2D eigenvalue weighted by molar-refractivity contribution is 0.0504. The van der Waals surface area contributed by atoms with Crippen LogP contribution in [0.5, 0.6) is 0 Å². The van der Waals surface area contributed by atoms with Gasteiger partial charge in [-0.05, 0) is 62.1 Å². The summed E-state index contributed by atoms with van der Waals surface area (Å²) < 4.78 is 5.77. The number of aromatic nitrogens is 1. The molecule has 0 bridgehead atoms. The van der Waals surface area contributed by atoms with Crippen LogP contribution in [0.25, 0.3) is 0 Å². The second-order valence-electron chi connectivity index (χ2n) is 7.38. The van der Waals surface area contributed by atoms with Crippen LogP contribution >= 0.6 is 0 Å². The van der Waals surface area contributed by atoms with E-state index >= 15 is 0 Å². The third kappa shape index (κ3) is 4.48. The van der Waals surface area contributed by atoms with Crippen molar-refractivity contribution in [3.8, 4) is 0 Å². The van der Waals surface area contributed by atoms with Crippen molar-refractivity contribution in [3.63, 3.8) is 0 Å². The number of amides is 1. The Balaban J connectivity index is 1.49. The summed E-state index contributed by atoms with van der Waals surface area (Å²) in [6, 6.07) is 13.9. The Morgan fingerprint density at radius 3 is 2.59 bits per heavy atom. The van der Waals surface area contributed by atoms with E-state index in [0.717, 1.165) is 43.8 Å². The normalized spacial score (nSPS) is 19.4. The molecule has 2 fully saturated rings. The van der Waals surface area contributed by atoms with Crippen LogP contribution in [0.4, 0.5) is 5.69 Å². The summed E-state index contributed by atoms with van der Waals surface area (Å²) in [5.41, 5.74) is 2.84. The number of nitrogens with zero attached hydrogens (tertiary/aromatic N) is 3. The maximum Gasteiger partial charge on any atom is 0.254 e. The predicted octanol–water partition coefficient (Wildman–Crippen LogP) is 3.50. The molecule has 1 atom stereocenters. The summed E-state index contributed by atoms with van der Waals surface area (Å²) in [6.45, 7) is 4.13. The van der Waals surface area contributed by atoms with Gasteiger partial charge in [0, 0.05) is 43.7 Å². The van der Waals surface area contributed by atoms with Crippen molar-refractivity contribution < 1.29 is 9.53 Å². The molecule has 0 spiro atoms. The van der Waals surface area contributed by atoms with E-state index in [1.54, 1.807) is 6.20 Å². The highest BCUT2D eigenvalue weighted by molar-refractivity contribution is 5.94. The van der Waals surface area contributed by atoms with Crippen LogP contribution in [0.2, 0.25) is 0 Å². The molecule has 2 aliphatic heterocycles. The Bertz CT molecular complexity index is 736. The molecule has 5 nitrogen and oxygen atoms in total. The largest absolute Gasteiger partial charge is 0.376 e. The Morgan fingerprint density at radius 2 is 1.93 bits per heavy atom. The summed E-state index contributed by atoms with van der Waals surface area (Å²) in [4.78, 5) is 21.9. The Hall–Kier alpha value is -2.40. The molecule has 3 heterocycles. The Morgan fingerprint density at radius 1 is 1.11 bits per heavy atom. The number of hydrogen-bond acceptors (Lipinski definition) is 4. The van der Waals surface area contributed by atoms with Crippen LogP contribution in [0.1, 0.15) is 41.7 Å². The van der Waals surface area contributed by atoms with Gasteiger partial charge in [0.2, 0.25) is 0 Å². The van der Waals surface area contributed by atoms with Crippen LogP contribution in [-0.2, 0) is 11.3 Å². The van der Waals surface area contributed by atoms with Crippen molar-refractivity contribution in [1.82, 2.24) is 9.88 Å². The number of carbonyl (C=O) groups is 1. The van der Waals surface area contributed by atoms with Crippen LogP contribution in [0.15, 0.2) is 48.7 Å². The molecule has 27 heavy (non-hydrogen) atoms. The third-order valence-electron chi connectivity index (χ3n) is 5.40. The van der Waals surface area contributed by atoms with Gasteiger partial charge in [0.05, 0.1) is 18.3 Å². The van der Waals surface area contributed by atoms with Gasteiger partial charge in [-0.1, -0.05) is 6.07 Å². The topological polar surface area (TPSA) is 45.7 Å². The first-order valence-corrected chi connectivity index (χ1v) is 9.95. The Kier molecular flexibility index (Phi) is 5.68. The van der Waals surface area contributed by atoms with Gasteiger partial charge in [-0.25, -0.2) is 0 Å². The van der Waals surface area contributed by atoms with Crippen LogP contribution in [0, 0.1) is 0 Å². The number of ether oxygens (including phenoxy) is 1. The van der Waals surface area contributed by atoms with E-state index in [-0.39, 0.29) is 12.0 Å². The van der Waals surface area contributed by atoms with Crippen molar-refractivity contribution in [1.29, 1.82) is 0 Å². The second-order valence-corrected chi connectivity index (χ2v) is 7.38. The molecule has 0 unspecified atom stereocenters. The maximum absolute atomic E-state index is 13.2. The molecule has 5 heteroatoms. The number of pyridine rings is 1. The minimum atomic E-state index is 0.0455. The van der Waals surface area contributed by atoms with Gasteiger partial charge >= 0.3 is 0 Å². The summed E-state index contributed by atoms with van der Waals surface area (Å²) in [7, 11) is 0. The van der Waals surface area contributed by atoms with E-state index in [2.05, 4.69) is 22.0 Å². The molecule has 2 aromatic rings. The molecular weight excluding hydrogens is 338 g/mol. The lowest BCUT2D eigenvalue weighted by Gasteiger charge is -2.26. The lowest BCUT2D eigenvalue weighted by Crippen LogP contribution is -2.37. The average Bonchev–Trinajstić information content (AvgIpc) is 3.42. The fourth-order valence-electron chi connectivity index (χ4n) is 3.91. The number of hydrogen-bond donors (Lipinski definition) is 0. The quantitative estimate of drug-likeness (QED) is 0.786. The van der Waals surface area contributed by atoms with Gasteiger partial charge in [0.25, 0.3) is 5.91 Å². The maximum atomic E-state index is 13.2. The van der Waals surface area contributed by atoms with E-state index in [0.29, 0.717) is 13.1 Å². The minimum Gasteiger partial charge on any atom is -0.376 e. The first kappa shape index (κ1) is 18.0. The lowest BCUT2D eigenvalue weighted by atomic mass is 10.1. The molecule has 2 aliphatic rings. The van der Waals surface area contributed by atoms with Crippen LogP contribution < -0.4 is 4.90 Å². The molecule has 0 saturated carbocycles. The molecular formula is C22H27N3O2. The number of anilines is 1. The van der Waals surface area contributed by atoms with Gasteiger partial charge in [-0.3, -0.25) is 9.78 Å². The average molecular weight is 365 g/mol. The summed E-state index contributed by atoms with van der Waals surface area (Å²) >= 11 is 0. The molecule has 2 saturated heterocycles. The highest BCUT2D eigenvalue weighted by atomic mass is 16.5. The van der Waals surface area contributed by atoms with Crippen molar-refractivity contribution in [2.45, 2.75) is 38.3 Å². The van der Waals surface area contributed by atoms with Crippen LogP contribution in [-0.4, -0.2) is 48.1 Å². The summed E-state index contributed by atoms with van der Waals surface area (Å²) in [5, 5.41) is 0.